The van der Waals surface area contributed by atoms with Gasteiger partial charge in [0, 0.05) is 37.0 Å². The van der Waals surface area contributed by atoms with Crippen LogP contribution in [0.3, 0.4) is 0 Å². The van der Waals surface area contributed by atoms with E-state index in [1.807, 2.05) is 56.7 Å². The highest BCUT2D eigenvalue weighted by Gasteiger charge is 2.28. The van der Waals surface area contributed by atoms with Crippen LogP contribution in [-0.2, 0) is 14.3 Å². The van der Waals surface area contributed by atoms with Gasteiger partial charge >= 0.3 is 12.1 Å². The predicted molar refractivity (Wildman–Crippen MR) is 143 cm³/mol. The van der Waals surface area contributed by atoms with Gasteiger partial charge in [0.1, 0.15) is 17.1 Å². The molecule has 3 N–H and O–H groups in total. The minimum absolute atomic E-state index is 0.162. The van der Waals surface area contributed by atoms with Crippen LogP contribution >= 0.6 is 0 Å². The van der Waals surface area contributed by atoms with Crippen molar-refractivity contribution in [2.45, 2.75) is 52.7 Å². The summed E-state index contributed by atoms with van der Waals surface area (Å²) in [6.07, 6.45) is 1.56. The molecule has 1 aromatic carbocycles. The number of hydrogen-bond donors (Lipinski definition) is 3. The molecule has 11 heteroatoms. The van der Waals surface area contributed by atoms with Gasteiger partial charge in [-0.2, -0.15) is 0 Å². The molecular formula is C27H34N6O5. The van der Waals surface area contributed by atoms with Gasteiger partial charge in [0.05, 0.1) is 35.8 Å². The van der Waals surface area contributed by atoms with E-state index in [-0.39, 0.29) is 24.3 Å². The minimum atomic E-state index is -0.563. The van der Waals surface area contributed by atoms with Crippen molar-refractivity contribution in [3.63, 3.8) is 0 Å². The first-order valence-corrected chi connectivity index (χ1v) is 12.7. The van der Waals surface area contributed by atoms with Crippen molar-refractivity contribution in [3.8, 4) is 11.1 Å². The average molecular weight is 523 g/mol. The number of rotatable bonds is 8. The van der Waals surface area contributed by atoms with E-state index in [1.165, 1.54) is 0 Å². The highest BCUT2D eigenvalue weighted by Crippen LogP contribution is 2.32. The third kappa shape index (κ3) is 6.21. The van der Waals surface area contributed by atoms with Crippen molar-refractivity contribution < 1.29 is 23.9 Å². The number of aryl methyl sites for hydroxylation is 1. The number of para-hydroxylation sites is 1. The van der Waals surface area contributed by atoms with Gasteiger partial charge in [-0.05, 0) is 46.8 Å². The van der Waals surface area contributed by atoms with Crippen molar-refractivity contribution in [2.24, 2.45) is 0 Å². The zero-order valence-corrected chi connectivity index (χ0v) is 22.4. The number of fused-ring (bicyclic) bond motifs is 2. The van der Waals surface area contributed by atoms with E-state index in [0.29, 0.717) is 48.8 Å². The standard InChI is InChI=1S/C27H34N6O5/c1-6-37-22(34)13-18-14-30-25(35)21-12-17(15-33(18)21)19-8-7-9-20-23(19)32-24(16(2)31-20)28-10-11-29-26(36)38-27(3,4)5/h7-9,12,15,18H,6,10-11,13-14H2,1-5H3,(H,28,32)(H,29,36)(H,30,35). The van der Waals surface area contributed by atoms with Crippen molar-refractivity contribution in [1.29, 1.82) is 0 Å². The van der Waals surface area contributed by atoms with E-state index >= 15 is 0 Å². The summed E-state index contributed by atoms with van der Waals surface area (Å²) in [5.41, 5.74) is 3.63. The fourth-order valence-corrected chi connectivity index (χ4v) is 4.32. The molecule has 0 aliphatic carbocycles. The number of carbonyl (C=O) groups excluding carboxylic acids is 3. The van der Waals surface area contributed by atoms with Crippen LogP contribution in [0.1, 0.15) is 56.3 Å². The van der Waals surface area contributed by atoms with Crippen LogP contribution in [0, 0.1) is 6.92 Å². The first kappa shape index (κ1) is 26.9. The topological polar surface area (TPSA) is 136 Å². The lowest BCUT2D eigenvalue weighted by molar-refractivity contribution is -0.144. The molecule has 2 amide bonds. The number of ether oxygens (including phenoxy) is 2. The fraction of sp³-hybridized carbons (Fsp3) is 0.444. The lowest BCUT2D eigenvalue weighted by atomic mass is 10.1. The molecule has 0 fully saturated rings. The van der Waals surface area contributed by atoms with Crippen LogP contribution in [-0.4, -0.2) is 64.3 Å². The largest absolute Gasteiger partial charge is 0.466 e. The lowest BCUT2D eigenvalue weighted by Crippen LogP contribution is -2.39. The van der Waals surface area contributed by atoms with Gasteiger partial charge in [-0.1, -0.05) is 12.1 Å². The van der Waals surface area contributed by atoms with Crippen LogP contribution in [0.5, 0.6) is 0 Å². The van der Waals surface area contributed by atoms with Crippen LogP contribution in [0.25, 0.3) is 22.2 Å². The summed E-state index contributed by atoms with van der Waals surface area (Å²) in [5, 5.41) is 8.81. The van der Waals surface area contributed by atoms with E-state index in [1.54, 1.807) is 13.0 Å². The van der Waals surface area contributed by atoms with Crippen molar-refractivity contribution in [2.75, 3.05) is 31.6 Å². The number of hydrogen-bond acceptors (Lipinski definition) is 8. The number of amides is 2. The molecule has 0 spiro atoms. The van der Waals surface area contributed by atoms with Crippen LogP contribution in [0.4, 0.5) is 10.6 Å². The minimum Gasteiger partial charge on any atom is -0.466 e. The summed E-state index contributed by atoms with van der Waals surface area (Å²) in [5.74, 6) is 0.0921. The van der Waals surface area contributed by atoms with Gasteiger partial charge in [0.15, 0.2) is 0 Å². The van der Waals surface area contributed by atoms with E-state index in [2.05, 4.69) is 16.0 Å². The van der Waals surface area contributed by atoms with Crippen LogP contribution in [0.2, 0.25) is 0 Å². The van der Waals surface area contributed by atoms with Crippen molar-refractivity contribution >= 4 is 34.8 Å². The molecule has 1 atom stereocenters. The zero-order chi connectivity index (χ0) is 27.4. The molecule has 0 saturated heterocycles. The highest BCUT2D eigenvalue weighted by molar-refractivity contribution is 5.98. The Morgan fingerprint density at radius 3 is 2.74 bits per heavy atom. The summed E-state index contributed by atoms with van der Waals surface area (Å²) < 4.78 is 12.2. The molecule has 3 heterocycles. The molecule has 1 aliphatic heterocycles. The number of alkyl carbamates (subject to hydrolysis) is 1. The van der Waals surface area contributed by atoms with Gasteiger partial charge in [-0.3, -0.25) is 9.59 Å². The summed E-state index contributed by atoms with van der Waals surface area (Å²) in [6, 6.07) is 7.28. The summed E-state index contributed by atoms with van der Waals surface area (Å²) in [4.78, 5) is 46.2. The van der Waals surface area contributed by atoms with E-state index in [9.17, 15) is 14.4 Å². The molecular weight excluding hydrogens is 488 g/mol. The maximum absolute atomic E-state index is 12.6. The monoisotopic (exact) mass is 522 g/mol. The zero-order valence-electron chi connectivity index (χ0n) is 22.4. The molecule has 1 aliphatic rings. The first-order valence-electron chi connectivity index (χ1n) is 12.7. The predicted octanol–water partition coefficient (Wildman–Crippen LogP) is 3.58. The number of esters is 1. The number of anilines is 1. The molecule has 0 radical (unpaired) electrons. The lowest BCUT2D eigenvalue weighted by Gasteiger charge is -2.25. The molecule has 2 aromatic heterocycles. The van der Waals surface area contributed by atoms with Gasteiger partial charge in [0.25, 0.3) is 5.91 Å². The number of carbonyl (C=O) groups is 3. The Morgan fingerprint density at radius 2 is 2.00 bits per heavy atom. The Bertz CT molecular complexity index is 1360. The maximum atomic E-state index is 12.6. The Hall–Kier alpha value is -4.15. The second kappa shape index (κ2) is 11.1. The number of nitrogens with one attached hydrogen (secondary N) is 3. The normalized spacial score (nSPS) is 15.0. The van der Waals surface area contributed by atoms with E-state index in [4.69, 9.17) is 19.4 Å². The van der Waals surface area contributed by atoms with Gasteiger partial charge in [-0.25, -0.2) is 14.8 Å². The molecule has 202 valence electrons. The third-order valence-electron chi connectivity index (χ3n) is 5.95. The van der Waals surface area contributed by atoms with Crippen LogP contribution in [0.15, 0.2) is 30.5 Å². The first-order chi connectivity index (χ1) is 18.1. The number of aromatic nitrogens is 3. The summed E-state index contributed by atoms with van der Waals surface area (Å²) in [6.45, 7) is 10.5. The van der Waals surface area contributed by atoms with Gasteiger partial charge in [-0.15, -0.1) is 0 Å². The van der Waals surface area contributed by atoms with Crippen LogP contribution < -0.4 is 16.0 Å². The van der Waals surface area contributed by atoms with Crippen molar-refractivity contribution in [3.05, 3.63) is 41.9 Å². The molecule has 38 heavy (non-hydrogen) atoms. The smallest absolute Gasteiger partial charge is 0.407 e. The second-order valence-electron chi connectivity index (χ2n) is 10.1. The Kier molecular flexibility index (Phi) is 7.84. The molecule has 0 bridgehead atoms. The Labute approximate surface area is 221 Å². The number of benzene rings is 1. The number of nitrogens with zero attached hydrogens (tertiary/aromatic N) is 3. The highest BCUT2D eigenvalue weighted by atomic mass is 16.6. The summed E-state index contributed by atoms with van der Waals surface area (Å²) in [7, 11) is 0. The molecule has 3 aromatic rings. The third-order valence-corrected chi connectivity index (χ3v) is 5.95. The SMILES string of the molecule is CCOC(=O)CC1CNC(=O)c2cc(-c3cccc4nc(C)c(NCCNC(=O)OC(C)(C)C)nc34)cn21. The molecule has 1 unspecified atom stereocenters. The second-order valence-corrected chi connectivity index (χ2v) is 10.1. The molecule has 11 nitrogen and oxygen atoms in total. The summed E-state index contributed by atoms with van der Waals surface area (Å²) >= 11 is 0. The Morgan fingerprint density at radius 1 is 1.21 bits per heavy atom. The van der Waals surface area contributed by atoms with Gasteiger partial charge in [0.2, 0.25) is 0 Å². The van der Waals surface area contributed by atoms with E-state index in [0.717, 1.165) is 16.8 Å². The Balaban J connectivity index is 1.57. The van der Waals surface area contributed by atoms with E-state index < -0.39 is 11.7 Å². The molecule has 4 rings (SSSR count). The van der Waals surface area contributed by atoms with Gasteiger partial charge < -0.3 is 30.0 Å². The maximum Gasteiger partial charge on any atom is 0.407 e. The van der Waals surface area contributed by atoms with Crippen molar-refractivity contribution in [1.82, 2.24) is 25.2 Å². The quantitative estimate of drug-likeness (QED) is 0.302. The fourth-order valence-electron chi connectivity index (χ4n) is 4.32. The molecule has 0 saturated carbocycles. The average Bonchev–Trinajstić information content (AvgIpc) is 3.29.